The van der Waals surface area contributed by atoms with Gasteiger partial charge in [0, 0.05) is 23.5 Å². The van der Waals surface area contributed by atoms with Crippen LogP contribution in [0.5, 0.6) is 11.5 Å². The van der Waals surface area contributed by atoms with Crippen LogP contribution in [0.1, 0.15) is 25.7 Å². The Morgan fingerprint density at radius 1 is 1.24 bits per heavy atom. The van der Waals surface area contributed by atoms with Crippen molar-refractivity contribution in [3.05, 3.63) is 34.7 Å². The third-order valence-electron chi connectivity index (χ3n) is 5.38. The Bertz CT molecular complexity index is 822. The highest BCUT2D eigenvalue weighted by molar-refractivity contribution is 6.45. The van der Waals surface area contributed by atoms with E-state index in [-0.39, 0.29) is 11.9 Å². The average molecular weight is 343 g/mol. The quantitative estimate of drug-likeness (QED) is 0.678. The molecule has 6 nitrogen and oxygen atoms in total. The molecule has 1 aromatic carbocycles. The van der Waals surface area contributed by atoms with Crippen LogP contribution < -0.4 is 15.1 Å². The smallest absolute Gasteiger partial charge is 0.379 e. The van der Waals surface area contributed by atoms with Crippen LogP contribution in [0.4, 0.5) is 0 Å². The number of hydrogen-bond donors (Lipinski definition) is 1. The molecular weight excluding hydrogens is 321 g/mol. The summed E-state index contributed by atoms with van der Waals surface area (Å²) >= 11 is 0. The maximum absolute atomic E-state index is 11.8. The first-order valence-corrected chi connectivity index (χ1v) is 8.79. The molecule has 2 bridgehead atoms. The second kappa shape index (κ2) is 6.39. The van der Waals surface area contributed by atoms with Gasteiger partial charge < -0.3 is 23.7 Å². The Labute approximate surface area is 146 Å². The Morgan fingerprint density at radius 2 is 1.96 bits per heavy atom. The molecule has 132 valence electrons. The van der Waals surface area contributed by atoms with Crippen molar-refractivity contribution in [3.8, 4) is 11.5 Å². The molecule has 4 rings (SSSR count). The number of benzene rings is 1. The zero-order valence-electron chi connectivity index (χ0n) is 14.5. The first-order valence-electron chi connectivity index (χ1n) is 8.79. The molecule has 25 heavy (non-hydrogen) atoms. The van der Waals surface area contributed by atoms with Crippen LogP contribution in [-0.4, -0.2) is 42.2 Å². The summed E-state index contributed by atoms with van der Waals surface area (Å²) in [7, 11) is 1.05. The predicted molar refractivity (Wildman–Crippen MR) is 95.2 cm³/mol. The molecule has 0 saturated carbocycles. The van der Waals surface area contributed by atoms with E-state index in [0.29, 0.717) is 23.4 Å². The SMILES string of the molecule is COc1cc2ccc(O[C@@H]3CC4CC[C@@H](C3)N4B(C)O)cc2oc1=O. The van der Waals surface area contributed by atoms with E-state index in [9.17, 15) is 9.82 Å². The highest BCUT2D eigenvalue weighted by Crippen LogP contribution is 2.37. The maximum atomic E-state index is 11.8. The van der Waals surface area contributed by atoms with Gasteiger partial charge in [-0.3, -0.25) is 0 Å². The number of fused-ring (bicyclic) bond motifs is 3. The van der Waals surface area contributed by atoms with Gasteiger partial charge in [-0.25, -0.2) is 4.79 Å². The van der Waals surface area contributed by atoms with E-state index in [4.69, 9.17) is 13.9 Å². The molecule has 0 aliphatic carbocycles. The normalized spacial score (nSPS) is 26.0. The van der Waals surface area contributed by atoms with Gasteiger partial charge in [-0.1, -0.05) is 0 Å². The predicted octanol–water partition coefficient (Wildman–Crippen LogP) is 2.29. The van der Waals surface area contributed by atoms with Gasteiger partial charge in [-0.05, 0) is 50.7 Å². The minimum absolute atomic E-state index is 0.120. The highest BCUT2D eigenvalue weighted by Gasteiger charge is 2.44. The van der Waals surface area contributed by atoms with Crippen LogP contribution in [-0.2, 0) is 0 Å². The Kier molecular flexibility index (Phi) is 4.21. The largest absolute Gasteiger partial charge is 0.490 e. The monoisotopic (exact) mass is 343 g/mol. The van der Waals surface area contributed by atoms with Crippen LogP contribution in [0.25, 0.3) is 11.0 Å². The highest BCUT2D eigenvalue weighted by atomic mass is 16.5. The molecule has 3 atom stereocenters. The summed E-state index contributed by atoms with van der Waals surface area (Å²) in [6.45, 7) is 1.84. The van der Waals surface area contributed by atoms with Gasteiger partial charge in [0.05, 0.1) is 7.11 Å². The lowest BCUT2D eigenvalue weighted by atomic mass is 9.79. The summed E-state index contributed by atoms with van der Waals surface area (Å²) in [6.07, 6.45) is 4.16. The number of rotatable bonds is 4. The van der Waals surface area contributed by atoms with Gasteiger partial charge in [0.2, 0.25) is 5.75 Å². The lowest BCUT2D eigenvalue weighted by Gasteiger charge is -2.39. The van der Waals surface area contributed by atoms with E-state index in [0.717, 1.165) is 31.1 Å². The minimum atomic E-state index is -0.490. The topological polar surface area (TPSA) is 72.1 Å². The van der Waals surface area contributed by atoms with Crippen LogP contribution in [0, 0.1) is 0 Å². The number of piperidine rings is 1. The molecular formula is C18H22BNO5. The van der Waals surface area contributed by atoms with Crippen molar-refractivity contribution in [2.24, 2.45) is 0 Å². The molecule has 0 spiro atoms. The third kappa shape index (κ3) is 3.02. The fraction of sp³-hybridized carbons (Fsp3) is 0.500. The van der Waals surface area contributed by atoms with E-state index in [1.807, 2.05) is 19.0 Å². The second-order valence-corrected chi connectivity index (χ2v) is 6.98. The minimum Gasteiger partial charge on any atom is -0.490 e. The number of methoxy groups -OCH3 is 1. The van der Waals surface area contributed by atoms with Gasteiger partial charge in [-0.15, -0.1) is 0 Å². The van der Waals surface area contributed by atoms with Crippen molar-refractivity contribution in [1.82, 2.24) is 4.81 Å². The lowest BCUT2D eigenvalue weighted by molar-refractivity contribution is 0.0864. The van der Waals surface area contributed by atoms with Gasteiger partial charge in [-0.2, -0.15) is 0 Å². The molecule has 0 amide bonds. The van der Waals surface area contributed by atoms with Crippen LogP contribution >= 0.6 is 0 Å². The second-order valence-electron chi connectivity index (χ2n) is 6.98. The molecule has 7 heteroatoms. The number of hydrogen-bond acceptors (Lipinski definition) is 6. The van der Waals surface area contributed by atoms with E-state index in [1.165, 1.54) is 7.11 Å². The summed E-state index contributed by atoms with van der Waals surface area (Å²) in [5.74, 6) is 0.902. The summed E-state index contributed by atoms with van der Waals surface area (Å²) in [5, 5.41) is 10.8. The summed E-state index contributed by atoms with van der Waals surface area (Å²) < 4.78 is 16.5. The van der Waals surface area contributed by atoms with E-state index >= 15 is 0 Å². The van der Waals surface area contributed by atoms with E-state index < -0.39 is 12.7 Å². The summed E-state index contributed by atoms with van der Waals surface area (Å²) in [6, 6.07) is 7.96. The summed E-state index contributed by atoms with van der Waals surface area (Å²) in [5.41, 5.74) is 0.00289. The standard InChI is InChI=1S/C18H22BNO5/c1-19(22)20-12-4-5-13(20)9-15(8-12)24-14-6-3-11-7-17(23-2)18(21)25-16(11)10-14/h3,6-7,10,12-13,15,22H,4-5,8-9H2,1-2H3/t12-,13?,15-/m0/s1. The maximum Gasteiger partial charge on any atom is 0.379 e. The van der Waals surface area contributed by atoms with Crippen LogP contribution in [0.15, 0.2) is 33.5 Å². The van der Waals surface area contributed by atoms with Crippen molar-refractivity contribution < 1.29 is 18.9 Å². The molecule has 1 aromatic heterocycles. The van der Waals surface area contributed by atoms with Crippen molar-refractivity contribution >= 4 is 18.0 Å². The average Bonchev–Trinajstić information content (AvgIpc) is 2.86. The molecule has 2 fully saturated rings. The third-order valence-corrected chi connectivity index (χ3v) is 5.38. The molecule has 1 N–H and O–H groups in total. The number of nitrogens with zero attached hydrogens (tertiary/aromatic N) is 1. The zero-order chi connectivity index (χ0) is 17.6. The Morgan fingerprint density at radius 3 is 2.60 bits per heavy atom. The van der Waals surface area contributed by atoms with Gasteiger partial charge in [0.25, 0.3) is 0 Å². The fourth-order valence-corrected chi connectivity index (χ4v) is 4.35. The van der Waals surface area contributed by atoms with Crippen molar-refractivity contribution in [3.63, 3.8) is 0 Å². The van der Waals surface area contributed by atoms with Crippen molar-refractivity contribution in [2.75, 3.05) is 7.11 Å². The molecule has 2 aliphatic heterocycles. The summed E-state index contributed by atoms with van der Waals surface area (Å²) in [4.78, 5) is 14.0. The molecule has 2 aromatic rings. The fourth-order valence-electron chi connectivity index (χ4n) is 4.35. The van der Waals surface area contributed by atoms with Crippen molar-refractivity contribution in [2.45, 2.75) is 50.7 Å². The molecule has 2 aliphatic rings. The van der Waals surface area contributed by atoms with Crippen molar-refractivity contribution in [1.29, 1.82) is 0 Å². The molecule has 1 unspecified atom stereocenters. The van der Waals surface area contributed by atoms with Crippen LogP contribution in [0.3, 0.4) is 0 Å². The van der Waals surface area contributed by atoms with Gasteiger partial charge in [0.1, 0.15) is 17.4 Å². The Balaban J connectivity index is 1.53. The van der Waals surface area contributed by atoms with E-state index in [2.05, 4.69) is 4.81 Å². The first kappa shape index (κ1) is 16.5. The molecule has 0 radical (unpaired) electrons. The lowest BCUT2D eigenvalue weighted by Crippen LogP contribution is -2.52. The Hall–Kier alpha value is -1.99. The first-order chi connectivity index (χ1) is 12.0. The van der Waals surface area contributed by atoms with E-state index in [1.54, 1.807) is 12.1 Å². The zero-order valence-corrected chi connectivity index (χ0v) is 14.5. The molecule has 2 saturated heterocycles. The van der Waals surface area contributed by atoms with Gasteiger partial charge >= 0.3 is 12.7 Å². The van der Waals surface area contributed by atoms with Gasteiger partial charge in [0.15, 0.2) is 0 Å². The van der Waals surface area contributed by atoms with Crippen LogP contribution in [0.2, 0.25) is 6.82 Å². The molecule has 3 heterocycles. The number of ether oxygens (including phenoxy) is 2.